The van der Waals surface area contributed by atoms with Crippen molar-refractivity contribution in [3.8, 4) is 5.75 Å². The molecule has 1 N–H and O–H groups in total. The zero-order valence-electron chi connectivity index (χ0n) is 19.6. The Kier molecular flexibility index (Phi) is 9.53. The van der Waals surface area contributed by atoms with Gasteiger partial charge in [-0.2, -0.15) is 0 Å². The lowest BCUT2D eigenvalue weighted by Gasteiger charge is -2.31. The first-order valence-electron chi connectivity index (χ1n) is 11.5. The van der Waals surface area contributed by atoms with Gasteiger partial charge < -0.3 is 15.0 Å². The highest BCUT2D eigenvalue weighted by molar-refractivity contribution is 6.30. The third kappa shape index (κ3) is 7.63. The van der Waals surface area contributed by atoms with Crippen LogP contribution in [0.15, 0.2) is 84.9 Å². The maximum Gasteiger partial charge on any atom is 0.261 e. The van der Waals surface area contributed by atoms with E-state index in [1.807, 2.05) is 60.7 Å². The number of amides is 2. The Hall–Kier alpha value is -3.31. The molecule has 3 aromatic carbocycles. The number of para-hydroxylation sites is 1. The number of carbonyl (C=O) groups is 2. The van der Waals surface area contributed by atoms with Gasteiger partial charge in [0.15, 0.2) is 6.61 Å². The van der Waals surface area contributed by atoms with Crippen molar-refractivity contribution in [1.82, 2.24) is 10.2 Å². The molecule has 3 aromatic rings. The zero-order valence-corrected chi connectivity index (χ0v) is 20.4. The first kappa shape index (κ1) is 25.3. The Labute approximate surface area is 206 Å². The lowest BCUT2D eigenvalue weighted by Crippen LogP contribution is -2.45. The molecule has 178 valence electrons. The smallest absolute Gasteiger partial charge is 0.261 e. The molecule has 0 fully saturated rings. The van der Waals surface area contributed by atoms with Crippen LogP contribution in [0.2, 0.25) is 5.02 Å². The molecule has 0 spiro atoms. The zero-order chi connectivity index (χ0) is 24.3. The molecule has 0 aliphatic carbocycles. The fourth-order valence-corrected chi connectivity index (χ4v) is 3.67. The number of ether oxygens (including phenoxy) is 1. The van der Waals surface area contributed by atoms with Gasteiger partial charge in [-0.05, 0) is 47.7 Å². The minimum atomic E-state index is -0.795. The lowest BCUT2D eigenvalue weighted by molar-refractivity contribution is -0.143. The first-order chi connectivity index (χ1) is 16.4. The maximum absolute atomic E-state index is 13.5. The van der Waals surface area contributed by atoms with E-state index < -0.39 is 6.04 Å². The number of rotatable bonds is 11. The molecule has 6 heteroatoms. The van der Waals surface area contributed by atoms with Crippen molar-refractivity contribution in [2.45, 2.75) is 32.9 Å². The molecule has 0 aliphatic heterocycles. The van der Waals surface area contributed by atoms with Crippen LogP contribution in [-0.2, 0) is 16.1 Å². The number of benzene rings is 3. The van der Waals surface area contributed by atoms with Gasteiger partial charge in [0, 0.05) is 18.1 Å². The van der Waals surface area contributed by atoms with Gasteiger partial charge in [-0.25, -0.2) is 0 Å². The van der Waals surface area contributed by atoms with E-state index in [2.05, 4.69) is 19.2 Å². The summed E-state index contributed by atoms with van der Waals surface area (Å²) in [5.41, 5.74) is 1.61. The number of nitrogens with one attached hydrogen (secondary N) is 1. The quantitative estimate of drug-likeness (QED) is 0.387. The normalized spacial score (nSPS) is 11.6. The van der Waals surface area contributed by atoms with Crippen LogP contribution in [0.25, 0.3) is 0 Å². The number of hydrogen-bond acceptors (Lipinski definition) is 3. The molecule has 2 amide bonds. The van der Waals surface area contributed by atoms with Crippen molar-refractivity contribution >= 4 is 23.4 Å². The average Bonchev–Trinajstić information content (AvgIpc) is 2.84. The first-order valence-corrected chi connectivity index (χ1v) is 11.9. The largest absolute Gasteiger partial charge is 0.484 e. The monoisotopic (exact) mass is 478 g/mol. The number of halogens is 1. The second kappa shape index (κ2) is 12.8. The van der Waals surface area contributed by atoms with E-state index in [0.29, 0.717) is 23.2 Å². The molecule has 0 unspecified atom stereocenters. The Morgan fingerprint density at radius 3 is 2.15 bits per heavy atom. The van der Waals surface area contributed by atoms with E-state index in [4.69, 9.17) is 16.3 Å². The van der Waals surface area contributed by atoms with Gasteiger partial charge in [-0.1, -0.05) is 86.1 Å². The van der Waals surface area contributed by atoms with Gasteiger partial charge in [0.2, 0.25) is 5.91 Å². The molecule has 0 aliphatic rings. The summed E-state index contributed by atoms with van der Waals surface area (Å²) in [5, 5.41) is 3.63. The van der Waals surface area contributed by atoms with Gasteiger partial charge in [0.05, 0.1) is 0 Å². The van der Waals surface area contributed by atoms with Crippen molar-refractivity contribution in [3.05, 3.63) is 101 Å². The minimum Gasteiger partial charge on any atom is -0.484 e. The summed E-state index contributed by atoms with van der Waals surface area (Å²) in [6, 6.07) is 25.0. The van der Waals surface area contributed by atoms with E-state index in [9.17, 15) is 9.59 Å². The fraction of sp³-hybridized carbons (Fsp3) is 0.286. The summed E-state index contributed by atoms with van der Waals surface area (Å²) >= 11 is 6.06. The van der Waals surface area contributed by atoms with Gasteiger partial charge in [0.1, 0.15) is 11.8 Å². The molecule has 0 bridgehead atoms. The van der Waals surface area contributed by atoms with E-state index in [1.165, 1.54) is 0 Å². The topological polar surface area (TPSA) is 58.6 Å². The van der Waals surface area contributed by atoms with Crippen molar-refractivity contribution in [2.24, 2.45) is 5.92 Å². The molecular formula is C28H31ClN2O3. The second-order valence-corrected chi connectivity index (χ2v) is 8.97. The Morgan fingerprint density at radius 2 is 1.53 bits per heavy atom. The predicted octanol–water partition coefficient (Wildman–Crippen LogP) is 5.65. The average molecular weight is 479 g/mol. The highest BCUT2D eigenvalue weighted by Gasteiger charge is 2.31. The van der Waals surface area contributed by atoms with Crippen LogP contribution in [-0.4, -0.2) is 29.9 Å². The van der Waals surface area contributed by atoms with Crippen LogP contribution in [0.3, 0.4) is 0 Å². The summed E-state index contributed by atoms with van der Waals surface area (Å²) < 4.78 is 5.74. The molecular weight excluding hydrogens is 448 g/mol. The molecule has 5 nitrogen and oxygen atoms in total. The summed E-state index contributed by atoms with van der Waals surface area (Å²) in [5.74, 6) is 0.557. The number of carbonyl (C=O) groups excluding carboxylic acids is 2. The molecule has 0 radical (unpaired) electrons. The molecule has 0 saturated heterocycles. The van der Waals surface area contributed by atoms with Gasteiger partial charge >= 0.3 is 0 Å². The van der Waals surface area contributed by atoms with E-state index in [1.54, 1.807) is 29.2 Å². The van der Waals surface area contributed by atoms with Crippen LogP contribution < -0.4 is 10.1 Å². The van der Waals surface area contributed by atoms with E-state index >= 15 is 0 Å². The van der Waals surface area contributed by atoms with Crippen molar-refractivity contribution in [2.75, 3.05) is 13.2 Å². The van der Waals surface area contributed by atoms with E-state index in [0.717, 1.165) is 17.5 Å². The SMILES string of the molecule is CC(C)CCNC(=O)[C@@H](c1ccccc1)N(Cc1ccc(Cl)cc1)C(=O)COc1ccccc1. The summed E-state index contributed by atoms with van der Waals surface area (Å²) in [6.45, 7) is 4.82. The van der Waals surface area contributed by atoms with Crippen LogP contribution in [0.5, 0.6) is 5.75 Å². The van der Waals surface area contributed by atoms with Crippen molar-refractivity contribution in [1.29, 1.82) is 0 Å². The van der Waals surface area contributed by atoms with E-state index in [-0.39, 0.29) is 25.0 Å². The van der Waals surface area contributed by atoms with Crippen LogP contribution in [0, 0.1) is 5.92 Å². The minimum absolute atomic E-state index is 0.180. The Balaban J connectivity index is 1.89. The highest BCUT2D eigenvalue weighted by atomic mass is 35.5. The molecule has 1 atom stereocenters. The standard InChI is InChI=1S/C28H31ClN2O3/c1-21(2)17-18-30-28(33)27(23-9-5-3-6-10-23)31(19-22-13-15-24(29)16-14-22)26(32)20-34-25-11-7-4-8-12-25/h3-16,21,27H,17-20H2,1-2H3,(H,30,33)/t27-/m1/s1. The summed E-state index contributed by atoms with van der Waals surface area (Å²) in [6.07, 6.45) is 0.857. The number of hydrogen-bond donors (Lipinski definition) is 1. The summed E-state index contributed by atoms with van der Waals surface area (Å²) in [7, 11) is 0. The molecule has 0 saturated carbocycles. The third-order valence-corrected chi connectivity index (χ3v) is 5.64. The van der Waals surface area contributed by atoms with Crippen molar-refractivity contribution in [3.63, 3.8) is 0 Å². The molecule has 0 aromatic heterocycles. The highest BCUT2D eigenvalue weighted by Crippen LogP contribution is 2.25. The van der Waals surface area contributed by atoms with Crippen molar-refractivity contribution < 1.29 is 14.3 Å². The molecule has 3 rings (SSSR count). The molecule has 34 heavy (non-hydrogen) atoms. The Bertz CT molecular complexity index is 1040. The fourth-order valence-electron chi connectivity index (χ4n) is 3.54. The van der Waals surface area contributed by atoms with Gasteiger partial charge in [-0.3, -0.25) is 9.59 Å². The second-order valence-electron chi connectivity index (χ2n) is 8.54. The van der Waals surface area contributed by atoms with Crippen LogP contribution in [0.4, 0.5) is 0 Å². The van der Waals surface area contributed by atoms with Gasteiger partial charge in [-0.15, -0.1) is 0 Å². The number of nitrogens with zero attached hydrogens (tertiary/aromatic N) is 1. The van der Waals surface area contributed by atoms with Crippen LogP contribution in [0.1, 0.15) is 37.4 Å². The lowest BCUT2D eigenvalue weighted by atomic mass is 10.0. The maximum atomic E-state index is 13.5. The summed E-state index contributed by atoms with van der Waals surface area (Å²) in [4.78, 5) is 28.5. The third-order valence-electron chi connectivity index (χ3n) is 5.39. The van der Waals surface area contributed by atoms with Crippen LogP contribution >= 0.6 is 11.6 Å². The molecule has 0 heterocycles. The predicted molar refractivity (Wildman–Crippen MR) is 136 cm³/mol. The Morgan fingerprint density at radius 1 is 0.912 bits per heavy atom. The van der Waals surface area contributed by atoms with Gasteiger partial charge in [0.25, 0.3) is 5.91 Å².